The van der Waals surface area contributed by atoms with Crippen molar-refractivity contribution in [3.05, 3.63) is 102 Å². The lowest BCUT2D eigenvalue weighted by atomic mass is 9.63. The Hall–Kier alpha value is -3.79. The molecule has 0 saturated heterocycles. The summed E-state index contributed by atoms with van der Waals surface area (Å²) in [6.45, 7) is 6.28. The van der Waals surface area contributed by atoms with Crippen LogP contribution in [0.15, 0.2) is 95.5 Å². The van der Waals surface area contributed by atoms with Crippen LogP contribution in [-0.4, -0.2) is 24.1 Å². The monoisotopic (exact) mass is 477 g/mol. The first-order chi connectivity index (χ1) is 17.4. The number of nitrogens with zero attached hydrogens (tertiary/aromatic N) is 1. The van der Waals surface area contributed by atoms with Crippen molar-refractivity contribution in [3.63, 3.8) is 0 Å². The topological polar surface area (TPSA) is 55.7 Å². The summed E-state index contributed by atoms with van der Waals surface area (Å²) in [5, 5.41) is 0. The molecule has 0 bridgehead atoms. The van der Waals surface area contributed by atoms with Crippen molar-refractivity contribution in [2.45, 2.75) is 39.5 Å². The highest BCUT2D eigenvalue weighted by Gasteiger charge is 2.48. The molecule has 1 heterocycles. The van der Waals surface area contributed by atoms with Gasteiger partial charge in [-0.25, -0.2) is 4.79 Å². The number of Topliss-reactive ketones (excluding diaryl/α,β-unsaturated/α-hetero) is 1. The molecule has 1 aliphatic heterocycles. The van der Waals surface area contributed by atoms with Crippen molar-refractivity contribution >= 4 is 23.2 Å². The van der Waals surface area contributed by atoms with E-state index in [4.69, 9.17) is 9.73 Å². The third kappa shape index (κ3) is 4.56. The van der Waals surface area contributed by atoms with Crippen LogP contribution in [0.2, 0.25) is 0 Å². The van der Waals surface area contributed by atoms with Gasteiger partial charge in [0.15, 0.2) is 0 Å². The molecule has 3 aromatic carbocycles. The molecule has 0 N–H and O–H groups in total. The Morgan fingerprint density at radius 3 is 2.03 bits per heavy atom. The first-order valence-electron chi connectivity index (χ1n) is 12.6. The summed E-state index contributed by atoms with van der Waals surface area (Å²) < 4.78 is 5.56. The highest BCUT2D eigenvalue weighted by molar-refractivity contribution is 6.15. The van der Waals surface area contributed by atoms with Gasteiger partial charge in [0.1, 0.15) is 5.78 Å². The number of fused-ring (bicyclic) bond motifs is 1. The highest BCUT2D eigenvalue weighted by Crippen LogP contribution is 2.49. The molecular weight excluding hydrogens is 446 g/mol. The Morgan fingerprint density at radius 1 is 0.833 bits per heavy atom. The number of carbonyl (C=O) groups is 2. The van der Waals surface area contributed by atoms with E-state index in [1.807, 2.05) is 60.7 Å². The summed E-state index contributed by atoms with van der Waals surface area (Å²) in [6.07, 6.45) is 1.18. The first kappa shape index (κ1) is 23.9. The van der Waals surface area contributed by atoms with Gasteiger partial charge in [-0.15, -0.1) is 0 Å². The minimum atomic E-state index is -0.465. The number of benzene rings is 3. The number of esters is 1. The third-order valence-corrected chi connectivity index (χ3v) is 7.09. The van der Waals surface area contributed by atoms with Gasteiger partial charge >= 0.3 is 5.97 Å². The van der Waals surface area contributed by atoms with E-state index in [9.17, 15) is 9.59 Å². The van der Waals surface area contributed by atoms with Crippen LogP contribution in [0.1, 0.15) is 50.7 Å². The molecule has 2 aliphatic rings. The van der Waals surface area contributed by atoms with Crippen molar-refractivity contribution in [1.82, 2.24) is 0 Å². The fraction of sp³-hybridized carbons (Fsp3) is 0.281. The van der Waals surface area contributed by atoms with Crippen molar-refractivity contribution in [1.29, 1.82) is 0 Å². The van der Waals surface area contributed by atoms with E-state index in [-0.39, 0.29) is 17.8 Å². The number of rotatable bonds is 5. The van der Waals surface area contributed by atoms with Crippen molar-refractivity contribution in [3.8, 4) is 11.1 Å². The molecule has 4 heteroatoms. The maximum Gasteiger partial charge on any atom is 0.336 e. The predicted octanol–water partition coefficient (Wildman–Crippen LogP) is 6.87. The van der Waals surface area contributed by atoms with Gasteiger partial charge in [0, 0.05) is 23.6 Å². The molecule has 1 aliphatic carbocycles. The number of aliphatic imine (C=N–C) groups is 1. The molecular formula is C32H31NO3. The average Bonchev–Trinajstić information content (AvgIpc) is 2.88. The summed E-state index contributed by atoms with van der Waals surface area (Å²) in [4.78, 5) is 32.2. The van der Waals surface area contributed by atoms with Gasteiger partial charge in [-0.3, -0.25) is 9.79 Å². The largest absolute Gasteiger partial charge is 0.463 e. The Balaban J connectivity index is 1.70. The molecule has 5 rings (SSSR count). The van der Waals surface area contributed by atoms with Crippen LogP contribution in [0, 0.1) is 11.3 Å². The standard InChI is InChI=1S/C32H31NO3/c1-4-36-31(35)29-27(23-17-15-22(16-18-23)21-11-7-5-8-12-21)28-25(19-32(2,3)20-26(28)34)33-30(29)24-13-9-6-10-14-24/h5-18,27-28H,4,19-20H2,1-3H3. The van der Waals surface area contributed by atoms with Crippen molar-refractivity contribution in [2.24, 2.45) is 16.3 Å². The first-order valence-corrected chi connectivity index (χ1v) is 12.6. The lowest BCUT2D eigenvalue weighted by Crippen LogP contribution is -2.44. The van der Waals surface area contributed by atoms with Crippen LogP contribution >= 0.6 is 0 Å². The average molecular weight is 478 g/mol. The lowest BCUT2D eigenvalue weighted by Gasteiger charge is -2.41. The zero-order chi connectivity index (χ0) is 25.3. The SMILES string of the molecule is CCOC(=O)C1=C(c2ccccc2)N=C2CC(C)(C)CC(=O)C2C1c1ccc(-c2ccccc2)cc1. The number of hydrogen-bond donors (Lipinski definition) is 0. The molecule has 2 atom stereocenters. The second-order valence-electron chi connectivity index (χ2n) is 10.4. The second kappa shape index (κ2) is 9.69. The van der Waals surface area contributed by atoms with Crippen LogP contribution in [-0.2, 0) is 14.3 Å². The molecule has 36 heavy (non-hydrogen) atoms. The van der Waals surface area contributed by atoms with Crippen LogP contribution in [0.3, 0.4) is 0 Å². The number of ether oxygens (including phenoxy) is 1. The van der Waals surface area contributed by atoms with Gasteiger partial charge in [0.2, 0.25) is 0 Å². The normalized spacial score (nSPS) is 21.0. The quantitative estimate of drug-likeness (QED) is 0.377. The van der Waals surface area contributed by atoms with Crippen LogP contribution in [0.25, 0.3) is 16.8 Å². The van der Waals surface area contributed by atoms with E-state index in [2.05, 4.69) is 38.1 Å². The van der Waals surface area contributed by atoms with Crippen molar-refractivity contribution in [2.75, 3.05) is 6.61 Å². The maximum absolute atomic E-state index is 13.6. The van der Waals surface area contributed by atoms with Gasteiger partial charge < -0.3 is 4.74 Å². The predicted molar refractivity (Wildman–Crippen MR) is 144 cm³/mol. The van der Waals surface area contributed by atoms with Gasteiger partial charge in [-0.2, -0.15) is 0 Å². The van der Waals surface area contributed by atoms with Gasteiger partial charge in [0.25, 0.3) is 0 Å². The van der Waals surface area contributed by atoms with Crippen LogP contribution < -0.4 is 0 Å². The van der Waals surface area contributed by atoms with Crippen LogP contribution in [0.4, 0.5) is 0 Å². The minimum absolute atomic E-state index is 0.135. The summed E-state index contributed by atoms with van der Waals surface area (Å²) in [7, 11) is 0. The third-order valence-electron chi connectivity index (χ3n) is 7.09. The fourth-order valence-electron chi connectivity index (χ4n) is 5.56. The minimum Gasteiger partial charge on any atom is -0.463 e. The van der Waals surface area contributed by atoms with E-state index >= 15 is 0 Å². The number of ketones is 1. The lowest BCUT2D eigenvalue weighted by molar-refractivity contribution is -0.139. The summed E-state index contributed by atoms with van der Waals surface area (Å²) in [5.74, 6) is -1.18. The summed E-state index contributed by atoms with van der Waals surface area (Å²) in [5.41, 5.74) is 5.77. The number of carbonyl (C=O) groups excluding carboxylic acids is 2. The zero-order valence-corrected chi connectivity index (χ0v) is 21.0. The smallest absolute Gasteiger partial charge is 0.336 e. The molecule has 1 fully saturated rings. The van der Waals surface area contributed by atoms with Gasteiger partial charge in [-0.1, -0.05) is 98.8 Å². The van der Waals surface area contributed by atoms with E-state index in [1.54, 1.807) is 6.92 Å². The molecule has 1 saturated carbocycles. The Bertz CT molecular complexity index is 1340. The van der Waals surface area contributed by atoms with E-state index in [0.717, 1.165) is 28.0 Å². The molecule has 0 radical (unpaired) electrons. The van der Waals surface area contributed by atoms with Crippen LogP contribution in [0.5, 0.6) is 0 Å². The summed E-state index contributed by atoms with van der Waals surface area (Å²) >= 11 is 0. The molecule has 3 aromatic rings. The van der Waals surface area contributed by atoms with E-state index in [0.29, 0.717) is 24.1 Å². The number of hydrogen-bond acceptors (Lipinski definition) is 4. The summed E-state index contributed by atoms with van der Waals surface area (Å²) in [6, 6.07) is 28.2. The Morgan fingerprint density at radius 2 is 1.42 bits per heavy atom. The van der Waals surface area contributed by atoms with E-state index in [1.165, 1.54) is 0 Å². The van der Waals surface area contributed by atoms with Gasteiger partial charge in [-0.05, 0) is 35.4 Å². The highest BCUT2D eigenvalue weighted by atomic mass is 16.5. The molecule has 0 amide bonds. The van der Waals surface area contributed by atoms with Crippen molar-refractivity contribution < 1.29 is 14.3 Å². The second-order valence-corrected chi connectivity index (χ2v) is 10.4. The van der Waals surface area contributed by atoms with E-state index < -0.39 is 17.8 Å². The Labute approximate surface area is 212 Å². The molecule has 0 aromatic heterocycles. The maximum atomic E-state index is 13.6. The zero-order valence-electron chi connectivity index (χ0n) is 21.0. The molecule has 0 spiro atoms. The fourth-order valence-corrected chi connectivity index (χ4v) is 5.56. The van der Waals surface area contributed by atoms with Gasteiger partial charge in [0.05, 0.1) is 23.8 Å². The molecule has 4 nitrogen and oxygen atoms in total. The Kier molecular flexibility index (Phi) is 6.44. The molecule has 2 unspecified atom stereocenters. The molecule has 182 valence electrons.